The number of aliphatic hydroxyl groups is 1. The van der Waals surface area contributed by atoms with Crippen LogP contribution in [0.1, 0.15) is 32.9 Å². The highest BCUT2D eigenvalue weighted by Gasteiger charge is 2.09. The summed E-state index contributed by atoms with van der Waals surface area (Å²) in [6, 6.07) is 3.41. The van der Waals surface area contributed by atoms with E-state index >= 15 is 0 Å². The number of pyridine rings is 1. The molecule has 0 radical (unpaired) electrons. The van der Waals surface area contributed by atoms with Crippen LogP contribution in [0.25, 0.3) is 0 Å². The Morgan fingerprint density at radius 2 is 2.06 bits per heavy atom. The van der Waals surface area contributed by atoms with Crippen molar-refractivity contribution in [2.24, 2.45) is 5.92 Å². The smallest absolute Gasteiger partial charge is 0.213 e. The number of nitrogens with zero attached hydrogens (tertiary/aromatic N) is 1. The molecular formula is C12H18ClNO2. The second-order valence-corrected chi connectivity index (χ2v) is 4.70. The van der Waals surface area contributed by atoms with Crippen LogP contribution in [0.4, 0.5) is 0 Å². The average Bonchev–Trinajstić information content (AvgIpc) is 2.19. The highest BCUT2D eigenvalue weighted by Crippen LogP contribution is 2.19. The molecule has 1 rings (SSSR count). The number of ether oxygens (including phenoxy) is 1. The minimum Gasteiger partial charge on any atom is -0.475 e. The Labute approximate surface area is 101 Å². The van der Waals surface area contributed by atoms with Crippen molar-refractivity contribution in [3.05, 3.63) is 22.8 Å². The average molecular weight is 244 g/mol. The highest BCUT2D eigenvalue weighted by molar-refractivity contribution is 6.31. The van der Waals surface area contributed by atoms with Crippen molar-refractivity contribution in [1.29, 1.82) is 0 Å². The van der Waals surface area contributed by atoms with Crippen LogP contribution in [0.5, 0.6) is 5.88 Å². The van der Waals surface area contributed by atoms with E-state index in [-0.39, 0.29) is 12.7 Å². The molecule has 0 fully saturated rings. The van der Waals surface area contributed by atoms with E-state index in [2.05, 4.69) is 18.8 Å². The van der Waals surface area contributed by atoms with Crippen LogP contribution in [0.3, 0.4) is 0 Å². The van der Waals surface area contributed by atoms with Gasteiger partial charge in [-0.15, -0.1) is 0 Å². The van der Waals surface area contributed by atoms with Gasteiger partial charge in [-0.1, -0.05) is 25.4 Å². The van der Waals surface area contributed by atoms with Crippen molar-refractivity contribution >= 4 is 11.6 Å². The van der Waals surface area contributed by atoms with Crippen molar-refractivity contribution < 1.29 is 9.84 Å². The third kappa shape index (κ3) is 3.99. The standard InChI is InChI=1S/C12H18ClNO2/c1-8(2)6-9(3)16-12-5-4-10(13)11(7-15)14-12/h4-5,8-9,15H,6-7H2,1-3H3. The minimum atomic E-state index is -0.172. The van der Waals surface area contributed by atoms with Crippen LogP contribution in [-0.2, 0) is 6.61 Å². The lowest BCUT2D eigenvalue weighted by Crippen LogP contribution is -2.15. The van der Waals surface area contributed by atoms with Crippen LogP contribution in [0.2, 0.25) is 5.02 Å². The van der Waals surface area contributed by atoms with Gasteiger partial charge >= 0.3 is 0 Å². The van der Waals surface area contributed by atoms with Crippen molar-refractivity contribution in [2.75, 3.05) is 0 Å². The monoisotopic (exact) mass is 243 g/mol. The van der Waals surface area contributed by atoms with E-state index in [0.29, 0.717) is 22.5 Å². The summed E-state index contributed by atoms with van der Waals surface area (Å²) in [6.45, 7) is 6.13. The molecule has 0 aliphatic heterocycles. The lowest BCUT2D eigenvalue weighted by molar-refractivity contribution is 0.183. The van der Waals surface area contributed by atoms with Gasteiger partial charge in [0.2, 0.25) is 5.88 Å². The van der Waals surface area contributed by atoms with Crippen LogP contribution >= 0.6 is 11.6 Å². The van der Waals surface area contributed by atoms with E-state index in [1.807, 2.05) is 6.92 Å². The van der Waals surface area contributed by atoms with Gasteiger partial charge in [0.1, 0.15) is 0 Å². The molecule has 0 saturated heterocycles. The summed E-state index contributed by atoms with van der Waals surface area (Å²) in [5.41, 5.74) is 0.455. The Balaban J connectivity index is 2.67. The van der Waals surface area contributed by atoms with Gasteiger partial charge in [0.25, 0.3) is 0 Å². The summed E-state index contributed by atoms with van der Waals surface area (Å²) in [5.74, 6) is 1.10. The van der Waals surface area contributed by atoms with Crippen LogP contribution in [0.15, 0.2) is 12.1 Å². The Morgan fingerprint density at radius 3 is 2.62 bits per heavy atom. The van der Waals surface area contributed by atoms with Crippen LogP contribution in [0, 0.1) is 5.92 Å². The Morgan fingerprint density at radius 1 is 1.38 bits per heavy atom. The number of rotatable bonds is 5. The molecule has 1 aromatic rings. The van der Waals surface area contributed by atoms with E-state index in [9.17, 15) is 0 Å². The Bertz CT molecular complexity index is 342. The fraction of sp³-hybridized carbons (Fsp3) is 0.583. The number of halogens is 1. The molecule has 16 heavy (non-hydrogen) atoms. The molecule has 0 amide bonds. The SMILES string of the molecule is CC(C)CC(C)Oc1ccc(Cl)c(CO)n1. The Kier molecular flexibility index (Phi) is 5.03. The molecule has 4 heteroatoms. The van der Waals surface area contributed by atoms with Gasteiger partial charge in [-0.05, 0) is 25.3 Å². The van der Waals surface area contributed by atoms with Gasteiger partial charge in [0.05, 0.1) is 23.4 Å². The molecule has 1 aromatic heterocycles. The van der Waals surface area contributed by atoms with Gasteiger partial charge in [0, 0.05) is 6.07 Å². The zero-order valence-corrected chi connectivity index (χ0v) is 10.7. The normalized spacial score (nSPS) is 12.9. The largest absolute Gasteiger partial charge is 0.475 e. The molecule has 1 atom stereocenters. The molecule has 0 aromatic carbocycles. The van der Waals surface area contributed by atoms with Crippen LogP contribution in [-0.4, -0.2) is 16.2 Å². The van der Waals surface area contributed by atoms with Gasteiger partial charge in [-0.2, -0.15) is 0 Å². The topological polar surface area (TPSA) is 42.4 Å². The third-order valence-corrected chi connectivity index (χ3v) is 2.51. The van der Waals surface area contributed by atoms with Crippen molar-refractivity contribution in [1.82, 2.24) is 4.98 Å². The zero-order chi connectivity index (χ0) is 12.1. The summed E-state index contributed by atoms with van der Waals surface area (Å²) >= 11 is 5.84. The molecule has 0 saturated carbocycles. The molecule has 1 heterocycles. The van der Waals surface area contributed by atoms with Gasteiger partial charge in [0.15, 0.2) is 0 Å². The molecule has 0 bridgehead atoms. The predicted molar refractivity (Wildman–Crippen MR) is 64.7 cm³/mol. The number of hydrogen-bond acceptors (Lipinski definition) is 3. The fourth-order valence-electron chi connectivity index (χ4n) is 1.56. The number of aliphatic hydroxyl groups excluding tert-OH is 1. The predicted octanol–water partition coefficient (Wildman–Crippen LogP) is 3.04. The molecular weight excluding hydrogens is 226 g/mol. The summed E-state index contributed by atoms with van der Waals surface area (Å²) in [4.78, 5) is 4.13. The number of aromatic nitrogens is 1. The van der Waals surface area contributed by atoms with Crippen molar-refractivity contribution in [3.63, 3.8) is 0 Å². The van der Waals surface area contributed by atoms with Crippen LogP contribution < -0.4 is 4.74 Å². The van der Waals surface area contributed by atoms with Crippen molar-refractivity contribution in [2.45, 2.75) is 39.9 Å². The fourth-order valence-corrected chi connectivity index (χ4v) is 1.72. The summed E-state index contributed by atoms with van der Waals surface area (Å²) in [6.07, 6.45) is 1.08. The highest BCUT2D eigenvalue weighted by atomic mass is 35.5. The molecule has 0 aliphatic rings. The van der Waals surface area contributed by atoms with E-state index in [0.717, 1.165) is 6.42 Å². The lowest BCUT2D eigenvalue weighted by atomic mass is 10.1. The van der Waals surface area contributed by atoms with E-state index in [1.54, 1.807) is 12.1 Å². The van der Waals surface area contributed by atoms with E-state index in [4.69, 9.17) is 21.4 Å². The molecule has 90 valence electrons. The quantitative estimate of drug-likeness (QED) is 0.864. The second-order valence-electron chi connectivity index (χ2n) is 4.29. The first-order valence-corrected chi connectivity index (χ1v) is 5.83. The molecule has 0 aliphatic carbocycles. The van der Waals surface area contributed by atoms with E-state index in [1.165, 1.54) is 0 Å². The zero-order valence-electron chi connectivity index (χ0n) is 9.90. The maximum absolute atomic E-state index is 9.02. The molecule has 1 N–H and O–H groups in total. The number of hydrogen-bond donors (Lipinski definition) is 1. The minimum absolute atomic E-state index is 0.111. The second kappa shape index (κ2) is 6.06. The maximum Gasteiger partial charge on any atom is 0.213 e. The summed E-state index contributed by atoms with van der Waals surface area (Å²) < 4.78 is 5.64. The first-order valence-electron chi connectivity index (χ1n) is 5.46. The maximum atomic E-state index is 9.02. The molecule has 0 spiro atoms. The first kappa shape index (κ1) is 13.3. The first-order chi connectivity index (χ1) is 7.52. The summed E-state index contributed by atoms with van der Waals surface area (Å²) in [5, 5.41) is 9.48. The van der Waals surface area contributed by atoms with Crippen molar-refractivity contribution in [3.8, 4) is 5.88 Å². The lowest BCUT2D eigenvalue weighted by Gasteiger charge is -2.16. The third-order valence-electron chi connectivity index (χ3n) is 2.17. The van der Waals surface area contributed by atoms with Gasteiger partial charge < -0.3 is 9.84 Å². The van der Waals surface area contributed by atoms with E-state index < -0.39 is 0 Å². The molecule has 1 unspecified atom stereocenters. The summed E-state index contributed by atoms with van der Waals surface area (Å²) in [7, 11) is 0. The Hall–Kier alpha value is -0.800. The van der Waals surface area contributed by atoms with Gasteiger partial charge in [-0.25, -0.2) is 4.98 Å². The van der Waals surface area contributed by atoms with Gasteiger partial charge in [-0.3, -0.25) is 0 Å². The molecule has 3 nitrogen and oxygen atoms in total.